The number of esters is 1. The Balaban J connectivity index is 1.87. The number of unbranched alkanes of at least 4 members (excludes halogenated alkanes) is 4. The second-order valence-electron chi connectivity index (χ2n) is 7.73. The molecule has 4 unspecified atom stereocenters. The average molecular weight is 348 g/mol. The highest BCUT2D eigenvalue weighted by Crippen LogP contribution is 2.35. The lowest BCUT2D eigenvalue weighted by atomic mass is 9.84. The van der Waals surface area contributed by atoms with Gasteiger partial charge in [-0.3, -0.25) is 9.69 Å². The van der Waals surface area contributed by atoms with Crippen molar-refractivity contribution in [2.45, 2.75) is 109 Å². The number of nitrogens with zero attached hydrogens (tertiary/aromatic N) is 1. The third-order valence-corrected chi connectivity index (χ3v) is 5.76. The first-order chi connectivity index (χ1) is 12.1. The lowest BCUT2D eigenvalue weighted by Crippen LogP contribution is -2.58. The van der Waals surface area contributed by atoms with E-state index in [1.54, 1.807) is 0 Å². The molecule has 4 atom stereocenters. The van der Waals surface area contributed by atoms with E-state index in [1.807, 2.05) is 0 Å². The fourth-order valence-corrected chi connectivity index (χ4v) is 4.47. The maximum absolute atomic E-state index is 11.4. The van der Waals surface area contributed by atoms with E-state index in [0.717, 1.165) is 12.8 Å². The molecule has 0 aromatic carbocycles. The largest absolute Gasteiger partial charge is 0.461 e. The molecule has 0 aromatic rings. The number of hydrogen-bond acceptors (Lipinski definition) is 3. The lowest BCUT2D eigenvalue weighted by molar-refractivity contribution is -0.155. The van der Waals surface area contributed by atoms with Crippen molar-refractivity contribution in [3.05, 3.63) is 24.3 Å². The monoisotopic (exact) mass is 347 g/mol. The van der Waals surface area contributed by atoms with Gasteiger partial charge in [0, 0.05) is 25.0 Å². The standard InChI is InChI=1S/C22H37NO2/c1-4-5-6-7-8-9-10-11-13-20-14-12-15-21-16-17-22(25-19(3)24)18(2)23(20)21/h9-11,13,18,20-22H,4-8,12,14-17H2,1-3H3. The summed E-state index contributed by atoms with van der Waals surface area (Å²) in [5, 5.41) is 0. The van der Waals surface area contributed by atoms with Crippen LogP contribution in [0, 0.1) is 0 Å². The van der Waals surface area contributed by atoms with Gasteiger partial charge in [0.1, 0.15) is 6.10 Å². The summed E-state index contributed by atoms with van der Waals surface area (Å²) in [5.41, 5.74) is 0. The van der Waals surface area contributed by atoms with E-state index in [2.05, 4.69) is 43.1 Å². The van der Waals surface area contributed by atoms with Crippen molar-refractivity contribution in [3.63, 3.8) is 0 Å². The van der Waals surface area contributed by atoms with E-state index in [0.29, 0.717) is 18.1 Å². The minimum Gasteiger partial charge on any atom is -0.461 e. The number of carbonyl (C=O) groups excluding carboxylic acids is 1. The first-order valence-corrected chi connectivity index (χ1v) is 10.4. The summed E-state index contributed by atoms with van der Waals surface area (Å²) in [5.74, 6) is -0.148. The van der Waals surface area contributed by atoms with Crippen LogP contribution in [-0.4, -0.2) is 35.1 Å². The van der Waals surface area contributed by atoms with Gasteiger partial charge in [0.25, 0.3) is 0 Å². The number of ether oxygens (including phenoxy) is 1. The zero-order valence-corrected chi connectivity index (χ0v) is 16.5. The molecule has 2 aliphatic rings. The second-order valence-corrected chi connectivity index (χ2v) is 7.73. The summed E-state index contributed by atoms with van der Waals surface area (Å²) < 4.78 is 5.57. The van der Waals surface area contributed by atoms with Crippen LogP contribution in [-0.2, 0) is 9.53 Å². The summed E-state index contributed by atoms with van der Waals surface area (Å²) in [6, 6.07) is 1.45. The van der Waals surface area contributed by atoms with E-state index in [1.165, 1.54) is 58.3 Å². The van der Waals surface area contributed by atoms with Crippen LogP contribution in [0.2, 0.25) is 0 Å². The smallest absolute Gasteiger partial charge is 0.302 e. The van der Waals surface area contributed by atoms with Gasteiger partial charge in [0.2, 0.25) is 0 Å². The lowest BCUT2D eigenvalue weighted by Gasteiger charge is -2.50. The molecule has 0 bridgehead atoms. The Morgan fingerprint density at radius 2 is 1.96 bits per heavy atom. The first kappa shape index (κ1) is 20.2. The van der Waals surface area contributed by atoms with Gasteiger partial charge in [-0.15, -0.1) is 0 Å². The van der Waals surface area contributed by atoms with Crippen LogP contribution in [0.3, 0.4) is 0 Å². The van der Waals surface area contributed by atoms with Gasteiger partial charge in [-0.05, 0) is 45.4 Å². The predicted octanol–water partition coefficient (Wildman–Crippen LogP) is 5.41. The van der Waals surface area contributed by atoms with Gasteiger partial charge < -0.3 is 4.74 Å². The third kappa shape index (κ3) is 6.29. The van der Waals surface area contributed by atoms with E-state index in [9.17, 15) is 4.79 Å². The molecular weight excluding hydrogens is 310 g/mol. The zero-order valence-electron chi connectivity index (χ0n) is 16.5. The van der Waals surface area contributed by atoms with Crippen LogP contribution in [0.5, 0.6) is 0 Å². The van der Waals surface area contributed by atoms with E-state index in [-0.39, 0.29) is 12.1 Å². The number of hydrogen-bond donors (Lipinski definition) is 0. The molecule has 2 fully saturated rings. The predicted molar refractivity (Wildman–Crippen MR) is 105 cm³/mol. The topological polar surface area (TPSA) is 29.5 Å². The SMILES string of the molecule is CCCCCCC=CC=CC1CCCC2CCC(OC(C)=O)C(C)N12. The zero-order chi connectivity index (χ0) is 18.1. The van der Waals surface area contributed by atoms with Crippen LogP contribution in [0.15, 0.2) is 24.3 Å². The molecule has 25 heavy (non-hydrogen) atoms. The summed E-state index contributed by atoms with van der Waals surface area (Å²) in [6.45, 7) is 6.01. The van der Waals surface area contributed by atoms with Crippen molar-refractivity contribution in [1.82, 2.24) is 4.90 Å². The molecule has 142 valence electrons. The number of allylic oxidation sites excluding steroid dienone is 3. The van der Waals surface area contributed by atoms with Gasteiger partial charge in [0.15, 0.2) is 0 Å². The van der Waals surface area contributed by atoms with Crippen LogP contribution in [0.25, 0.3) is 0 Å². The summed E-state index contributed by atoms with van der Waals surface area (Å²) in [6.07, 6.45) is 21.6. The maximum atomic E-state index is 11.4. The van der Waals surface area contributed by atoms with Crippen molar-refractivity contribution < 1.29 is 9.53 Å². The minimum absolute atomic E-state index is 0.0526. The molecule has 0 spiro atoms. The summed E-state index contributed by atoms with van der Waals surface area (Å²) in [4.78, 5) is 14.0. The third-order valence-electron chi connectivity index (χ3n) is 5.76. The molecule has 2 saturated heterocycles. The Bertz CT molecular complexity index is 457. The molecule has 0 aromatic heterocycles. The first-order valence-electron chi connectivity index (χ1n) is 10.4. The second kappa shape index (κ2) is 10.8. The van der Waals surface area contributed by atoms with Crippen LogP contribution in [0.1, 0.15) is 85.0 Å². The Kier molecular flexibility index (Phi) is 8.74. The maximum Gasteiger partial charge on any atom is 0.302 e. The molecular formula is C22H37NO2. The molecule has 0 amide bonds. The highest BCUT2D eigenvalue weighted by Gasteiger charge is 2.40. The van der Waals surface area contributed by atoms with Crippen molar-refractivity contribution in [1.29, 1.82) is 0 Å². The van der Waals surface area contributed by atoms with Gasteiger partial charge in [-0.2, -0.15) is 0 Å². The van der Waals surface area contributed by atoms with Crippen LogP contribution >= 0.6 is 0 Å². The Labute approximate surface area is 154 Å². The summed E-state index contributed by atoms with van der Waals surface area (Å²) >= 11 is 0. The number of piperidine rings is 2. The van der Waals surface area contributed by atoms with Crippen LogP contribution < -0.4 is 0 Å². The molecule has 3 nitrogen and oxygen atoms in total. The van der Waals surface area contributed by atoms with Crippen molar-refractivity contribution in [3.8, 4) is 0 Å². The van der Waals surface area contributed by atoms with Crippen molar-refractivity contribution in [2.24, 2.45) is 0 Å². The van der Waals surface area contributed by atoms with Gasteiger partial charge in [-0.1, -0.05) is 56.9 Å². The molecule has 3 heteroatoms. The molecule has 0 N–H and O–H groups in total. The molecule has 0 aliphatic carbocycles. The fraction of sp³-hybridized carbons (Fsp3) is 0.773. The normalized spacial score (nSPS) is 30.7. The fourth-order valence-electron chi connectivity index (χ4n) is 4.47. The van der Waals surface area contributed by atoms with E-state index >= 15 is 0 Å². The molecule has 2 heterocycles. The Hall–Kier alpha value is -1.09. The Morgan fingerprint density at radius 3 is 2.72 bits per heavy atom. The van der Waals surface area contributed by atoms with Crippen molar-refractivity contribution in [2.75, 3.05) is 0 Å². The quantitative estimate of drug-likeness (QED) is 0.334. The van der Waals surface area contributed by atoms with E-state index < -0.39 is 0 Å². The van der Waals surface area contributed by atoms with Crippen LogP contribution in [0.4, 0.5) is 0 Å². The highest BCUT2D eigenvalue weighted by atomic mass is 16.5. The Morgan fingerprint density at radius 1 is 1.12 bits per heavy atom. The number of rotatable bonds is 8. The molecule has 2 rings (SSSR count). The van der Waals surface area contributed by atoms with Gasteiger partial charge in [0.05, 0.1) is 0 Å². The number of carbonyl (C=O) groups is 1. The molecule has 0 saturated carbocycles. The average Bonchev–Trinajstić information content (AvgIpc) is 2.59. The molecule has 2 aliphatic heterocycles. The number of fused-ring (bicyclic) bond motifs is 1. The van der Waals surface area contributed by atoms with Gasteiger partial charge >= 0.3 is 5.97 Å². The van der Waals surface area contributed by atoms with Gasteiger partial charge in [-0.25, -0.2) is 0 Å². The summed E-state index contributed by atoms with van der Waals surface area (Å²) in [7, 11) is 0. The highest BCUT2D eigenvalue weighted by molar-refractivity contribution is 5.66. The van der Waals surface area contributed by atoms with Crippen molar-refractivity contribution >= 4 is 5.97 Å². The molecule has 0 radical (unpaired) electrons. The minimum atomic E-state index is -0.148. The van der Waals surface area contributed by atoms with E-state index in [4.69, 9.17) is 4.74 Å².